The summed E-state index contributed by atoms with van der Waals surface area (Å²) in [6.07, 6.45) is 0. The number of benzene rings is 2. The summed E-state index contributed by atoms with van der Waals surface area (Å²) in [4.78, 5) is 23.3. The molecule has 1 N–H and O–H groups in total. The van der Waals surface area contributed by atoms with Gasteiger partial charge in [-0.1, -0.05) is 36.9 Å². The number of aromatic carboxylic acids is 1. The molecular formula is C15H12O3. The van der Waals surface area contributed by atoms with E-state index in [-0.39, 0.29) is 16.9 Å². The lowest BCUT2D eigenvalue weighted by molar-refractivity contribution is 0.0695. The van der Waals surface area contributed by atoms with Gasteiger partial charge in [0.2, 0.25) is 0 Å². The topological polar surface area (TPSA) is 54.4 Å². The highest BCUT2D eigenvalue weighted by molar-refractivity contribution is 6.18. The quantitative estimate of drug-likeness (QED) is 0.661. The van der Waals surface area contributed by atoms with E-state index in [1.807, 2.05) is 12.1 Å². The highest BCUT2D eigenvalue weighted by Crippen LogP contribution is 2.24. The molecule has 0 heterocycles. The summed E-state index contributed by atoms with van der Waals surface area (Å²) in [6.45, 7) is 5.14. The van der Waals surface area contributed by atoms with Crippen LogP contribution < -0.4 is 0 Å². The predicted molar refractivity (Wildman–Crippen MR) is 70.1 cm³/mol. The van der Waals surface area contributed by atoms with Gasteiger partial charge >= 0.3 is 5.97 Å². The predicted octanol–water partition coefficient (Wildman–Crippen LogP) is 3.30. The molecule has 0 atom stereocenters. The Labute approximate surface area is 104 Å². The zero-order chi connectivity index (χ0) is 13.3. The average molecular weight is 240 g/mol. The fourth-order valence-electron chi connectivity index (χ4n) is 1.92. The molecule has 18 heavy (non-hydrogen) atoms. The molecule has 2 aromatic rings. The Morgan fingerprint density at radius 3 is 2.39 bits per heavy atom. The molecule has 0 unspecified atom stereocenters. The van der Waals surface area contributed by atoms with Gasteiger partial charge in [-0.25, -0.2) is 4.79 Å². The minimum Gasteiger partial charge on any atom is -0.478 e. The molecule has 0 aromatic heterocycles. The fourth-order valence-corrected chi connectivity index (χ4v) is 1.92. The summed E-state index contributed by atoms with van der Waals surface area (Å²) < 4.78 is 0. The number of carbonyl (C=O) groups excluding carboxylic acids is 1. The first-order valence-corrected chi connectivity index (χ1v) is 5.47. The first-order chi connectivity index (χ1) is 8.52. The van der Waals surface area contributed by atoms with Crippen LogP contribution in [0.4, 0.5) is 0 Å². The molecule has 3 heteroatoms. The maximum Gasteiger partial charge on any atom is 0.337 e. The van der Waals surface area contributed by atoms with Crippen molar-refractivity contribution < 1.29 is 14.7 Å². The Balaban J connectivity index is 2.83. The van der Waals surface area contributed by atoms with E-state index in [1.54, 1.807) is 31.2 Å². The number of hydrogen-bond acceptors (Lipinski definition) is 2. The van der Waals surface area contributed by atoms with Crippen molar-refractivity contribution in [3.63, 3.8) is 0 Å². The molecule has 0 radical (unpaired) electrons. The third-order valence-electron chi connectivity index (χ3n) is 2.78. The maximum absolute atomic E-state index is 12.0. The normalized spacial score (nSPS) is 10.3. The second kappa shape index (κ2) is 4.45. The first-order valence-electron chi connectivity index (χ1n) is 5.47. The van der Waals surface area contributed by atoms with E-state index in [4.69, 9.17) is 0 Å². The summed E-state index contributed by atoms with van der Waals surface area (Å²) >= 11 is 0. The molecule has 0 bridgehead atoms. The van der Waals surface area contributed by atoms with E-state index >= 15 is 0 Å². The number of rotatable bonds is 3. The number of hydrogen-bond donors (Lipinski definition) is 1. The number of allylic oxidation sites excluding steroid dienone is 1. The van der Waals surface area contributed by atoms with Crippen LogP contribution in [0.2, 0.25) is 0 Å². The minimum absolute atomic E-state index is 0.0427. The Kier molecular flexibility index (Phi) is 2.98. The van der Waals surface area contributed by atoms with Gasteiger partial charge < -0.3 is 5.11 Å². The van der Waals surface area contributed by atoms with Gasteiger partial charge in [-0.05, 0) is 29.3 Å². The van der Waals surface area contributed by atoms with Crippen molar-refractivity contribution in [3.8, 4) is 0 Å². The van der Waals surface area contributed by atoms with E-state index in [2.05, 4.69) is 6.58 Å². The van der Waals surface area contributed by atoms with Crippen LogP contribution in [0.1, 0.15) is 27.6 Å². The third kappa shape index (κ3) is 1.91. The van der Waals surface area contributed by atoms with E-state index in [9.17, 15) is 14.7 Å². The molecule has 0 aliphatic heterocycles. The van der Waals surface area contributed by atoms with Crippen molar-refractivity contribution in [1.29, 1.82) is 0 Å². The Morgan fingerprint density at radius 2 is 1.78 bits per heavy atom. The van der Waals surface area contributed by atoms with Gasteiger partial charge in [0.15, 0.2) is 5.78 Å². The smallest absolute Gasteiger partial charge is 0.337 e. The largest absolute Gasteiger partial charge is 0.478 e. The highest BCUT2D eigenvalue weighted by atomic mass is 16.4. The molecule has 0 saturated heterocycles. The van der Waals surface area contributed by atoms with E-state index in [1.165, 1.54) is 0 Å². The SMILES string of the molecule is C=C(C)C(=O)c1ccc2ccccc2c1C(=O)O. The summed E-state index contributed by atoms with van der Waals surface area (Å²) in [5, 5.41) is 10.7. The molecule has 0 spiro atoms. The lowest BCUT2D eigenvalue weighted by Gasteiger charge is -2.08. The van der Waals surface area contributed by atoms with Gasteiger partial charge in [0.1, 0.15) is 0 Å². The van der Waals surface area contributed by atoms with E-state index in [0.717, 1.165) is 5.39 Å². The summed E-state index contributed by atoms with van der Waals surface area (Å²) in [6, 6.07) is 10.4. The molecule has 0 fully saturated rings. The highest BCUT2D eigenvalue weighted by Gasteiger charge is 2.19. The molecule has 3 nitrogen and oxygen atoms in total. The monoisotopic (exact) mass is 240 g/mol. The van der Waals surface area contributed by atoms with Crippen LogP contribution in [0, 0.1) is 0 Å². The Hall–Kier alpha value is -2.42. The zero-order valence-corrected chi connectivity index (χ0v) is 9.93. The maximum atomic E-state index is 12.0. The van der Waals surface area contributed by atoms with Crippen LogP contribution in [-0.2, 0) is 0 Å². The van der Waals surface area contributed by atoms with Gasteiger partial charge in [0, 0.05) is 5.56 Å². The second-order valence-corrected chi connectivity index (χ2v) is 4.12. The van der Waals surface area contributed by atoms with Gasteiger partial charge in [0.05, 0.1) is 5.56 Å². The number of carboxylic acids is 1. The summed E-state index contributed by atoms with van der Waals surface area (Å²) in [5.41, 5.74) is 0.558. The number of ketones is 1. The number of carboxylic acid groups (broad SMARTS) is 1. The molecule has 0 amide bonds. The van der Waals surface area contributed by atoms with Crippen LogP contribution in [0.5, 0.6) is 0 Å². The van der Waals surface area contributed by atoms with Gasteiger partial charge in [0.25, 0.3) is 0 Å². The zero-order valence-electron chi connectivity index (χ0n) is 9.93. The van der Waals surface area contributed by atoms with Crippen molar-refractivity contribution in [1.82, 2.24) is 0 Å². The van der Waals surface area contributed by atoms with Crippen molar-refractivity contribution in [2.24, 2.45) is 0 Å². The Bertz CT molecular complexity index is 668. The van der Waals surface area contributed by atoms with Crippen LogP contribution in [0.3, 0.4) is 0 Å². The minimum atomic E-state index is -1.10. The fraction of sp³-hybridized carbons (Fsp3) is 0.0667. The van der Waals surface area contributed by atoms with Crippen molar-refractivity contribution >= 4 is 22.5 Å². The van der Waals surface area contributed by atoms with Gasteiger partial charge in [-0.2, -0.15) is 0 Å². The van der Waals surface area contributed by atoms with Crippen molar-refractivity contribution in [2.75, 3.05) is 0 Å². The first kappa shape index (κ1) is 12.0. The van der Waals surface area contributed by atoms with Crippen molar-refractivity contribution in [3.05, 3.63) is 59.7 Å². The standard InChI is InChI=1S/C15H12O3/c1-9(2)14(16)12-8-7-10-5-3-4-6-11(10)13(12)15(17)18/h3-8H,1H2,2H3,(H,17,18). The lowest BCUT2D eigenvalue weighted by Crippen LogP contribution is -2.09. The summed E-state index contributed by atoms with van der Waals surface area (Å²) in [5.74, 6) is -1.44. The molecule has 0 aliphatic carbocycles. The average Bonchev–Trinajstić information content (AvgIpc) is 2.36. The van der Waals surface area contributed by atoms with Gasteiger partial charge in [-0.15, -0.1) is 0 Å². The number of carbonyl (C=O) groups is 2. The molecule has 90 valence electrons. The third-order valence-corrected chi connectivity index (χ3v) is 2.78. The van der Waals surface area contributed by atoms with E-state index in [0.29, 0.717) is 11.0 Å². The van der Waals surface area contributed by atoms with Crippen molar-refractivity contribution in [2.45, 2.75) is 6.92 Å². The number of Topliss-reactive ketones (excluding diaryl/α,β-unsaturated/α-hetero) is 1. The summed E-state index contributed by atoms with van der Waals surface area (Å²) in [7, 11) is 0. The van der Waals surface area contributed by atoms with Crippen LogP contribution in [0.15, 0.2) is 48.6 Å². The Morgan fingerprint density at radius 1 is 1.11 bits per heavy atom. The van der Waals surface area contributed by atoms with Crippen LogP contribution >= 0.6 is 0 Å². The van der Waals surface area contributed by atoms with E-state index < -0.39 is 5.97 Å². The molecular weight excluding hydrogens is 228 g/mol. The van der Waals surface area contributed by atoms with Gasteiger partial charge in [-0.3, -0.25) is 4.79 Å². The molecule has 0 aliphatic rings. The molecule has 2 rings (SSSR count). The number of fused-ring (bicyclic) bond motifs is 1. The van der Waals surface area contributed by atoms with Crippen LogP contribution in [-0.4, -0.2) is 16.9 Å². The molecule has 0 saturated carbocycles. The second-order valence-electron chi connectivity index (χ2n) is 4.12. The molecule has 2 aromatic carbocycles. The lowest BCUT2D eigenvalue weighted by atomic mass is 9.94. The van der Waals surface area contributed by atoms with Crippen LogP contribution in [0.25, 0.3) is 10.8 Å².